The molecule has 0 unspecified atom stereocenters. The van der Waals surface area contributed by atoms with Crippen LogP contribution in [0.3, 0.4) is 0 Å². The van der Waals surface area contributed by atoms with Gasteiger partial charge in [-0.15, -0.1) is 11.8 Å². The highest BCUT2D eigenvalue weighted by Gasteiger charge is 2.27. The molecule has 1 atom stereocenters. The van der Waals surface area contributed by atoms with E-state index in [1.807, 2.05) is 26.0 Å². The van der Waals surface area contributed by atoms with Gasteiger partial charge in [0.05, 0.1) is 11.3 Å². The Labute approximate surface area is 156 Å². The van der Waals surface area contributed by atoms with Gasteiger partial charge < -0.3 is 14.6 Å². The van der Waals surface area contributed by atoms with Crippen LogP contribution in [0.15, 0.2) is 33.7 Å². The van der Waals surface area contributed by atoms with Crippen molar-refractivity contribution < 1.29 is 18.8 Å². The van der Waals surface area contributed by atoms with Crippen molar-refractivity contribution in [2.75, 3.05) is 0 Å². The minimum Gasteiger partial charge on any atom is -0.449 e. The molecule has 0 aliphatic heterocycles. The molecule has 6 nitrogen and oxygen atoms in total. The fourth-order valence-electron chi connectivity index (χ4n) is 2.44. The normalized spacial score (nSPS) is 14.7. The largest absolute Gasteiger partial charge is 0.449 e. The summed E-state index contributed by atoms with van der Waals surface area (Å²) in [6.45, 7) is 5.36. The van der Waals surface area contributed by atoms with Crippen LogP contribution in [-0.2, 0) is 15.3 Å². The molecular formula is C19H22N2O4S. The number of esters is 1. The summed E-state index contributed by atoms with van der Waals surface area (Å²) in [6.07, 6.45) is 1.17. The number of benzene rings is 1. The van der Waals surface area contributed by atoms with E-state index in [0.717, 1.165) is 34.8 Å². The Kier molecular flexibility index (Phi) is 5.66. The second-order valence-corrected chi connectivity index (χ2v) is 7.44. The van der Waals surface area contributed by atoms with Gasteiger partial charge in [0.15, 0.2) is 6.10 Å². The number of thioether (sulfide) groups is 1. The van der Waals surface area contributed by atoms with Crippen LogP contribution in [-0.4, -0.2) is 29.2 Å². The van der Waals surface area contributed by atoms with Crippen molar-refractivity contribution in [3.05, 3.63) is 46.8 Å². The number of aromatic nitrogens is 1. The molecule has 1 amide bonds. The van der Waals surface area contributed by atoms with Crippen LogP contribution in [0.2, 0.25) is 0 Å². The molecule has 0 saturated heterocycles. The SMILES string of the molecule is Cc1noc(C)c1CSc1ccccc1C(=O)O[C@H](C)C(=O)NC1CC1. The van der Waals surface area contributed by atoms with Gasteiger partial charge in [-0.3, -0.25) is 4.79 Å². The molecule has 2 aromatic rings. The standard InChI is InChI=1S/C19H22N2O4S/c1-11-16(12(2)25-21-11)10-26-17-7-5-4-6-15(17)19(23)24-13(3)18(22)20-14-8-9-14/h4-7,13-14H,8-10H2,1-3H3,(H,20,22)/t13-/m1/s1. The van der Waals surface area contributed by atoms with Crippen LogP contribution in [0.1, 0.15) is 47.1 Å². The summed E-state index contributed by atoms with van der Waals surface area (Å²) in [5.41, 5.74) is 2.33. The highest BCUT2D eigenvalue weighted by molar-refractivity contribution is 7.98. The molecule has 7 heteroatoms. The summed E-state index contributed by atoms with van der Waals surface area (Å²) in [4.78, 5) is 25.3. The van der Waals surface area contributed by atoms with Gasteiger partial charge in [-0.2, -0.15) is 0 Å². The van der Waals surface area contributed by atoms with E-state index in [4.69, 9.17) is 9.26 Å². The number of carbonyl (C=O) groups is 2. The Morgan fingerprint density at radius 3 is 2.73 bits per heavy atom. The van der Waals surface area contributed by atoms with Gasteiger partial charge in [0, 0.05) is 22.3 Å². The predicted molar refractivity (Wildman–Crippen MR) is 98.0 cm³/mol. The van der Waals surface area contributed by atoms with Crippen molar-refractivity contribution in [3.8, 4) is 0 Å². The molecule has 26 heavy (non-hydrogen) atoms. The number of ether oxygens (including phenoxy) is 1. The Balaban J connectivity index is 1.65. The zero-order valence-corrected chi connectivity index (χ0v) is 15.9. The Hall–Kier alpha value is -2.28. The number of hydrogen-bond donors (Lipinski definition) is 1. The molecule has 1 aliphatic carbocycles. The number of amides is 1. The van der Waals surface area contributed by atoms with E-state index in [2.05, 4.69) is 10.5 Å². The maximum atomic E-state index is 12.5. The molecule has 0 spiro atoms. The first-order valence-electron chi connectivity index (χ1n) is 8.60. The molecule has 1 saturated carbocycles. The maximum Gasteiger partial charge on any atom is 0.340 e. The Morgan fingerprint density at radius 2 is 2.08 bits per heavy atom. The molecule has 1 fully saturated rings. The van der Waals surface area contributed by atoms with Crippen LogP contribution in [0.5, 0.6) is 0 Å². The summed E-state index contributed by atoms with van der Waals surface area (Å²) in [6, 6.07) is 7.47. The molecule has 1 N–H and O–H groups in total. The van der Waals surface area contributed by atoms with E-state index in [-0.39, 0.29) is 11.9 Å². The lowest BCUT2D eigenvalue weighted by Gasteiger charge is -2.14. The van der Waals surface area contributed by atoms with Crippen molar-refractivity contribution in [2.45, 2.75) is 56.4 Å². The van der Waals surface area contributed by atoms with E-state index < -0.39 is 12.1 Å². The Bertz CT molecular complexity index is 794. The van der Waals surface area contributed by atoms with Gasteiger partial charge in [-0.25, -0.2) is 4.79 Å². The van der Waals surface area contributed by atoms with Crippen molar-refractivity contribution in [2.24, 2.45) is 0 Å². The van der Waals surface area contributed by atoms with Gasteiger partial charge in [0.25, 0.3) is 5.91 Å². The number of aryl methyl sites for hydroxylation is 2. The van der Waals surface area contributed by atoms with E-state index in [0.29, 0.717) is 11.3 Å². The van der Waals surface area contributed by atoms with E-state index in [1.54, 1.807) is 19.1 Å². The van der Waals surface area contributed by atoms with Gasteiger partial charge >= 0.3 is 5.97 Å². The molecule has 1 aliphatic rings. The molecule has 1 aromatic carbocycles. The summed E-state index contributed by atoms with van der Waals surface area (Å²) in [7, 11) is 0. The molecular weight excluding hydrogens is 352 g/mol. The minimum atomic E-state index is -0.816. The second-order valence-electron chi connectivity index (χ2n) is 6.42. The van der Waals surface area contributed by atoms with Crippen LogP contribution >= 0.6 is 11.8 Å². The minimum absolute atomic E-state index is 0.238. The third-order valence-electron chi connectivity index (χ3n) is 4.24. The zero-order chi connectivity index (χ0) is 18.7. The van der Waals surface area contributed by atoms with E-state index >= 15 is 0 Å². The van der Waals surface area contributed by atoms with Gasteiger partial charge in [0.2, 0.25) is 0 Å². The van der Waals surface area contributed by atoms with Gasteiger partial charge in [0.1, 0.15) is 5.76 Å². The first-order valence-corrected chi connectivity index (χ1v) is 9.59. The summed E-state index contributed by atoms with van der Waals surface area (Å²) < 4.78 is 10.5. The lowest BCUT2D eigenvalue weighted by atomic mass is 10.2. The molecule has 1 aromatic heterocycles. The van der Waals surface area contributed by atoms with Gasteiger partial charge in [-0.1, -0.05) is 17.3 Å². The summed E-state index contributed by atoms with van der Waals surface area (Å²) >= 11 is 1.52. The number of nitrogens with zero attached hydrogens (tertiary/aromatic N) is 1. The smallest absolute Gasteiger partial charge is 0.340 e. The Morgan fingerprint density at radius 1 is 1.35 bits per heavy atom. The number of carbonyl (C=O) groups excluding carboxylic acids is 2. The molecule has 1 heterocycles. The number of rotatable bonds is 7. The average Bonchev–Trinajstić information content (AvgIpc) is 3.38. The van der Waals surface area contributed by atoms with Crippen molar-refractivity contribution in [1.29, 1.82) is 0 Å². The predicted octanol–water partition coefficient (Wildman–Crippen LogP) is 3.41. The third-order valence-corrected chi connectivity index (χ3v) is 5.34. The fourth-order valence-corrected chi connectivity index (χ4v) is 3.64. The monoisotopic (exact) mass is 374 g/mol. The third kappa shape index (κ3) is 4.46. The lowest BCUT2D eigenvalue weighted by molar-refractivity contribution is -0.129. The number of hydrogen-bond acceptors (Lipinski definition) is 6. The number of nitrogens with one attached hydrogen (secondary N) is 1. The summed E-state index contributed by atoms with van der Waals surface area (Å²) in [5.74, 6) is 0.677. The van der Waals surface area contributed by atoms with Crippen LogP contribution in [0, 0.1) is 13.8 Å². The fraction of sp³-hybridized carbons (Fsp3) is 0.421. The quantitative estimate of drug-likeness (QED) is 0.591. The first-order chi connectivity index (χ1) is 12.5. The summed E-state index contributed by atoms with van der Waals surface area (Å²) in [5, 5.41) is 6.79. The van der Waals surface area contributed by atoms with E-state index in [9.17, 15) is 9.59 Å². The molecule has 138 valence electrons. The van der Waals surface area contributed by atoms with Crippen LogP contribution < -0.4 is 5.32 Å². The highest BCUT2D eigenvalue weighted by atomic mass is 32.2. The van der Waals surface area contributed by atoms with Crippen molar-refractivity contribution in [3.63, 3.8) is 0 Å². The second kappa shape index (κ2) is 7.95. The maximum absolute atomic E-state index is 12.5. The van der Waals surface area contributed by atoms with Crippen molar-refractivity contribution in [1.82, 2.24) is 10.5 Å². The van der Waals surface area contributed by atoms with E-state index in [1.165, 1.54) is 11.8 Å². The molecule has 0 bridgehead atoms. The topological polar surface area (TPSA) is 81.4 Å². The molecule has 3 rings (SSSR count). The van der Waals surface area contributed by atoms with Crippen molar-refractivity contribution >= 4 is 23.6 Å². The van der Waals surface area contributed by atoms with Gasteiger partial charge in [-0.05, 0) is 45.7 Å². The highest BCUT2D eigenvalue weighted by Crippen LogP contribution is 2.29. The zero-order valence-electron chi connectivity index (χ0n) is 15.1. The molecule has 0 radical (unpaired) electrons. The average molecular weight is 374 g/mol. The lowest BCUT2D eigenvalue weighted by Crippen LogP contribution is -2.37. The van der Waals surface area contributed by atoms with Crippen LogP contribution in [0.25, 0.3) is 0 Å². The first kappa shape index (κ1) is 18.5. The van der Waals surface area contributed by atoms with Crippen LogP contribution in [0.4, 0.5) is 0 Å².